The highest BCUT2D eigenvalue weighted by molar-refractivity contribution is 5.05. The van der Waals surface area contributed by atoms with Crippen molar-refractivity contribution in [3.63, 3.8) is 0 Å². The van der Waals surface area contributed by atoms with Gasteiger partial charge in [-0.05, 0) is 44.7 Å². The summed E-state index contributed by atoms with van der Waals surface area (Å²) in [5, 5.41) is 14.7. The fourth-order valence-corrected chi connectivity index (χ4v) is 4.19. The molecule has 17 heavy (non-hydrogen) atoms. The summed E-state index contributed by atoms with van der Waals surface area (Å²) in [6, 6.07) is 0.353. The highest BCUT2D eigenvalue weighted by Gasteiger charge is 2.50. The highest BCUT2D eigenvalue weighted by Crippen LogP contribution is 2.40. The second kappa shape index (κ2) is 4.52. The van der Waals surface area contributed by atoms with Gasteiger partial charge in [-0.15, -0.1) is 0 Å². The zero-order valence-corrected chi connectivity index (χ0v) is 11.0. The third kappa shape index (κ3) is 2.02. The number of fused-ring (bicyclic) bond motifs is 2. The Morgan fingerprint density at radius 2 is 2.24 bits per heavy atom. The number of hydrogen-bond donors (Lipinski definition) is 2. The molecule has 0 radical (unpaired) electrons. The number of nitrogens with zero attached hydrogens (tertiary/aromatic N) is 1. The predicted octanol–water partition coefficient (Wildman–Crippen LogP) is 1.22. The third-order valence-corrected chi connectivity index (χ3v) is 5.50. The fourth-order valence-electron chi connectivity index (χ4n) is 4.19. The van der Waals surface area contributed by atoms with Crippen LogP contribution in [-0.2, 0) is 0 Å². The molecule has 98 valence electrons. The minimum atomic E-state index is -0.416. The van der Waals surface area contributed by atoms with Gasteiger partial charge in [0.25, 0.3) is 0 Å². The molecule has 3 nitrogen and oxygen atoms in total. The molecule has 0 saturated carbocycles. The van der Waals surface area contributed by atoms with Crippen molar-refractivity contribution in [3.05, 3.63) is 0 Å². The zero-order chi connectivity index (χ0) is 11.9. The highest BCUT2D eigenvalue weighted by atomic mass is 16.3. The molecule has 5 unspecified atom stereocenters. The standard InChI is InChI=1S/C14H26N2O/c1-2-11-3-6-15-13(9-11)14(17)5-8-16-7-4-12(14)10-16/h11-13,15,17H,2-10H2,1H3. The molecule has 3 aliphatic rings. The summed E-state index contributed by atoms with van der Waals surface area (Å²) in [6.45, 7) is 6.82. The first-order chi connectivity index (χ1) is 8.22. The maximum absolute atomic E-state index is 11.1. The van der Waals surface area contributed by atoms with Gasteiger partial charge in [-0.25, -0.2) is 0 Å². The maximum atomic E-state index is 11.1. The molecule has 0 aromatic heterocycles. The van der Waals surface area contributed by atoms with Crippen LogP contribution in [0.4, 0.5) is 0 Å². The Bertz CT molecular complexity index is 283. The molecule has 0 aliphatic carbocycles. The molecule has 0 amide bonds. The van der Waals surface area contributed by atoms with Crippen molar-refractivity contribution in [1.82, 2.24) is 10.2 Å². The molecule has 3 saturated heterocycles. The molecule has 0 spiro atoms. The number of aliphatic hydroxyl groups is 1. The van der Waals surface area contributed by atoms with Crippen LogP contribution < -0.4 is 5.32 Å². The molecule has 2 N–H and O–H groups in total. The van der Waals surface area contributed by atoms with E-state index in [2.05, 4.69) is 17.1 Å². The van der Waals surface area contributed by atoms with Crippen LogP contribution in [-0.4, -0.2) is 47.8 Å². The summed E-state index contributed by atoms with van der Waals surface area (Å²) in [7, 11) is 0. The van der Waals surface area contributed by atoms with E-state index < -0.39 is 5.60 Å². The smallest absolute Gasteiger partial charge is 0.0852 e. The van der Waals surface area contributed by atoms with E-state index in [1.165, 1.54) is 32.2 Å². The van der Waals surface area contributed by atoms with E-state index in [9.17, 15) is 5.11 Å². The Morgan fingerprint density at radius 1 is 1.35 bits per heavy atom. The summed E-state index contributed by atoms with van der Waals surface area (Å²) in [5.74, 6) is 1.34. The third-order valence-electron chi connectivity index (χ3n) is 5.50. The Balaban J connectivity index is 1.73. The predicted molar refractivity (Wildman–Crippen MR) is 68.9 cm³/mol. The molecule has 2 bridgehead atoms. The lowest BCUT2D eigenvalue weighted by Gasteiger charge is -2.47. The van der Waals surface area contributed by atoms with E-state index in [1.54, 1.807) is 0 Å². The van der Waals surface area contributed by atoms with Crippen LogP contribution >= 0.6 is 0 Å². The minimum absolute atomic E-state index is 0.353. The Morgan fingerprint density at radius 3 is 3.06 bits per heavy atom. The molecule has 5 atom stereocenters. The van der Waals surface area contributed by atoms with Gasteiger partial charge in [0.1, 0.15) is 0 Å². The molecule has 0 aromatic carbocycles. The van der Waals surface area contributed by atoms with Gasteiger partial charge in [-0.3, -0.25) is 0 Å². The maximum Gasteiger partial charge on any atom is 0.0852 e. The van der Waals surface area contributed by atoms with Gasteiger partial charge >= 0.3 is 0 Å². The largest absolute Gasteiger partial charge is 0.388 e. The number of rotatable bonds is 2. The summed E-state index contributed by atoms with van der Waals surface area (Å²) in [4.78, 5) is 2.51. The van der Waals surface area contributed by atoms with Crippen LogP contribution in [0.15, 0.2) is 0 Å². The molecule has 3 heteroatoms. The van der Waals surface area contributed by atoms with Crippen LogP contribution in [0.1, 0.15) is 39.0 Å². The number of nitrogens with one attached hydrogen (secondary N) is 1. The summed E-state index contributed by atoms with van der Waals surface area (Å²) in [5.41, 5.74) is -0.416. The SMILES string of the molecule is CCC1CCNC(C2(O)CCN3CCC2C3)C1. The van der Waals surface area contributed by atoms with Gasteiger partial charge in [0.15, 0.2) is 0 Å². The van der Waals surface area contributed by atoms with Crippen molar-refractivity contribution in [2.24, 2.45) is 11.8 Å². The molecular weight excluding hydrogens is 212 g/mol. The van der Waals surface area contributed by atoms with E-state index in [-0.39, 0.29) is 0 Å². The Hall–Kier alpha value is -0.120. The minimum Gasteiger partial charge on any atom is -0.388 e. The fraction of sp³-hybridized carbons (Fsp3) is 1.00. The normalized spacial score (nSPS) is 50.5. The first kappa shape index (κ1) is 11.9. The van der Waals surface area contributed by atoms with E-state index in [0.29, 0.717) is 12.0 Å². The Kier molecular flexibility index (Phi) is 3.18. The van der Waals surface area contributed by atoms with Gasteiger partial charge in [0, 0.05) is 25.0 Å². The van der Waals surface area contributed by atoms with Crippen molar-refractivity contribution in [2.45, 2.75) is 50.7 Å². The second-order valence-electron chi connectivity index (χ2n) is 6.33. The molecule has 0 aromatic rings. The van der Waals surface area contributed by atoms with Crippen LogP contribution in [0.2, 0.25) is 0 Å². The van der Waals surface area contributed by atoms with Crippen molar-refractivity contribution in [2.75, 3.05) is 26.2 Å². The summed E-state index contributed by atoms with van der Waals surface area (Å²) in [6.07, 6.45) is 5.92. The molecule has 3 rings (SSSR count). The van der Waals surface area contributed by atoms with Gasteiger partial charge in [0.05, 0.1) is 5.60 Å². The number of piperidine rings is 2. The van der Waals surface area contributed by atoms with E-state index >= 15 is 0 Å². The van der Waals surface area contributed by atoms with Crippen molar-refractivity contribution in [1.29, 1.82) is 0 Å². The Labute approximate surface area is 105 Å². The molecule has 3 heterocycles. The first-order valence-corrected chi connectivity index (χ1v) is 7.40. The van der Waals surface area contributed by atoms with Gasteiger partial charge in [0.2, 0.25) is 0 Å². The topological polar surface area (TPSA) is 35.5 Å². The van der Waals surface area contributed by atoms with Crippen LogP contribution in [0.3, 0.4) is 0 Å². The van der Waals surface area contributed by atoms with Crippen molar-refractivity contribution < 1.29 is 5.11 Å². The second-order valence-corrected chi connectivity index (χ2v) is 6.33. The van der Waals surface area contributed by atoms with Crippen molar-refractivity contribution >= 4 is 0 Å². The number of hydrogen-bond acceptors (Lipinski definition) is 3. The molecule has 3 fully saturated rings. The quantitative estimate of drug-likeness (QED) is 0.759. The van der Waals surface area contributed by atoms with Gasteiger partial charge < -0.3 is 15.3 Å². The monoisotopic (exact) mass is 238 g/mol. The van der Waals surface area contributed by atoms with Gasteiger partial charge in [-0.2, -0.15) is 0 Å². The first-order valence-electron chi connectivity index (χ1n) is 7.40. The summed E-state index contributed by atoms with van der Waals surface area (Å²) >= 11 is 0. The lowest BCUT2D eigenvalue weighted by molar-refractivity contribution is -0.0836. The molecular formula is C14H26N2O. The average molecular weight is 238 g/mol. The van der Waals surface area contributed by atoms with Crippen LogP contribution in [0, 0.1) is 11.8 Å². The summed E-state index contributed by atoms with van der Waals surface area (Å²) < 4.78 is 0. The van der Waals surface area contributed by atoms with E-state index in [4.69, 9.17) is 0 Å². The van der Waals surface area contributed by atoms with E-state index in [0.717, 1.165) is 32.0 Å². The lowest BCUT2D eigenvalue weighted by atomic mass is 9.72. The van der Waals surface area contributed by atoms with E-state index in [1.807, 2.05) is 0 Å². The lowest BCUT2D eigenvalue weighted by Crippen LogP contribution is -2.61. The molecule has 3 aliphatic heterocycles. The van der Waals surface area contributed by atoms with Gasteiger partial charge in [-0.1, -0.05) is 13.3 Å². The van der Waals surface area contributed by atoms with Crippen LogP contribution in [0.25, 0.3) is 0 Å². The van der Waals surface area contributed by atoms with Crippen LogP contribution in [0.5, 0.6) is 0 Å². The average Bonchev–Trinajstić information content (AvgIpc) is 2.79. The van der Waals surface area contributed by atoms with Crippen molar-refractivity contribution in [3.8, 4) is 0 Å². The zero-order valence-electron chi connectivity index (χ0n) is 11.0.